The van der Waals surface area contributed by atoms with Crippen LogP contribution in [0, 0.1) is 18.6 Å². The Kier molecular flexibility index (Phi) is 4.10. The van der Waals surface area contributed by atoms with Crippen molar-refractivity contribution in [1.29, 1.82) is 0 Å². The second kappa shape index (κ2) is 5.78. The highest BCUT2D eigenvalue weighted by Crippen LogP contribution is 2.29. The van der Waals surface area contributed by atoms with Gasteiger partial charge in [-0.25, -0.2) is 13.2 Å². The lowest BCUT2D eigenvalue weighted by Gasteiger charge is -2.09. The quantitative estimate of drug-likeness (QED) is 0.802. The summed E-state index contributed by atoms with van der Waals surface area (Å²) < 4.78 is 44.1. The Bertz CT molecular complexity index is 541. The van der Waals surface area contributed by atoms with Crippen molar-refractivity contribution in [1.82, 2.24) is 0 Å². The monoisotopic (exact) mass is 266 g/mol. The number of hydrogen-bond donors (Lipinski definition) is 0. The van der Waals surface area contributed by atoms with Crippen LogP contribution >= 0.6 is 0 Å². The van der Waals surface area contributed by atoms with Gasteiger partial charge in [-0.3, -0.25) is 0 Å². The first-order valence-electron chi connectivity index (χ1n) is 5.86. The molecular weight excluding hydrogens is 253 g/mol. The Balaban J connectivity index is 2.36. The van der Waals surface area contributed by atoms with E-state index in [-0.39, 0.29) is 6.61 Å². The maximum atomic E-state index is 13.7. The van der Waals surface area contributed by atoms with Crippen LogP contribution in [0.15, 0.2) is 36.4 Å². The maximum absolute atomic E-state index is 13.7. The number of ether oxygens (including phenoxy) is 1. The molecule has 1 nitrogen and oxygen atoms in total. The average molecular weight is 266 g/mol. The van der Waals surface area contributed by atoms with Crippen molar-refractivity contribution in [2.75, 3.05) is 13.3 Å². The smallest absolute Gasteiger partial charge is 0.190 e. The number of rotatable bonds is 4. The normalized spacial score (nSPS) is 10.5. The summed E-state index contributed by atoms with van der Waals surface area (Å²) in [6.07, 6.45) is 0. The summed E-state index contributed by atoms with van der Waals surface area (Å²) in [5.41, 5.74) is 2.19. The van der Waals surface area contributed by atoms with Gasteiger partial charge in [-0.2, -0.15) is 0 Å². The highest BCUT2D eigenvalue weighted by atomic mass is 19.1. The third-order valence-corrected chi connectivity index (χ3v) is 2.71. The van der Waals surface area contributed by atoms with Gasteiger partial charge in [-0.1, -0.05) is 29.8 Å². The SMILES string of the molecule is Cc1ccc(-c2cc(F)c(OCCF)c(F)c2)cc1. The molecular formula is C15H13F3O. The summed E-state index contributed by atoms with van der Waals surface area (Å²) in [6, 6.07) is 9.65. The van der Waals surface area contributed by atoms with Gasteiger partial charge in [0, 0.05) is 0 Å². The first-order chi connectivity index (χ1) is 9.11. The van der Waals surface area contributed by atoms with E-state index in [0.717, 1.165) is 5.56 Å². The molecule has 0 atom stereocenters. The molecule has 0 fully saturated rings. The van der Waals surface area contributed by atoms with Crippen LogP contribution in [0.2, 0.25) is 0 Å². The van der Waals surface area contributed by atoms with Gasteiger partial charge < -0.3 is 4.74 Å². The topological polar surface area (TPSA) is 9.23 Å². The van der Waals surface area contributed by atoms with Crippen molar-refractivity contribution in [2.24, 2.45) is 0 Å². The third-order valence-electron chi connectivity index (χ3n) is 2.71. The highest BCUT2D eigenvalue weighted by molar-refractivity contribution is 5.65. The zero-order valence-corrected chi connectivity index (χ0v) is 10.4. The minimum absolute atomic E-state index is 0.363. The van der Waals surface area contributed by atoms with Crippen LogP contribution in [0.5, 0.6) is 5.75 Å². The Labute approximate surface area is 109 Å². The van der Waals surface area contributed by atoms with Crippen LogP contribution in [0.1, 0.15) is 5.56 Å². The van der Waals surface area contributed by atoms with Crippen LogP contribution < -0.4 is 4.74 Å². The van der Waals surface area contributed by atoms with Crippen molar-refractivity contribution >= 4 is 0 Å². The molecule has 0 aromatic heterocycles. The van der Waals surface area contributed by atoms with Crippen molar-refractivity contribution in [2.45, 2.75) is 6.92 Å². The Morgan fingerprint density at radius 1 is 0.947 bits per heavy atom. The number of aryl methyl sites for hydroxylation is 1. The standard InChI is InChI=1S/C15H13F3O/c1-10-2-4-11(5-3-10)12-8-13(17)15(14(18)9-12)19-7-6-16/h2-5,8-9H,6-7H2,1H3. The predicted molar refractivity (Wildman–Crippen MR) is 68.0 cm³/mol. The van der Waals surface area contributed by atoms with Crippen LogP contribution in [0.3, 0.4) is 0 Å². The van der Waals surface area contributed by atoms with E-state index in [1.807, 2.05) is 19.1 Å². The number of benzene rings is 2. The Morgan fingerprint density at radius 3 is 2.05 bits per heavy atom. The summed E-state index contributed by atoms with van der Waals surface area (Å²) in [7, 11) is 0. The Morgan fingerprint density at radius 2 is 1.53 bits per heavy atom. The van der Waals surface area contributed by atoms with Crippen LogP contribution in [-0.4, -0.2) is 13.3 Å². The molecule has 2 aromatic rings. The molecule has 0 unspecified atom stereocenters. The second-order valence-electron chi connectivity index (χ2n) is 4.17. The van der Waals surface area contributed by atoms with Crippen LogP contribution in [-0.2, 0) is 0 Å². The molecule has 19 heavy (non-hydrogen) atoms. The Hall–Kier alpha value is -1.97. The average Bonchev–Trinajstić information content (AvgIpc) is 2.38. The zero-order valence-electron chi connectivity index (χ0n) is 10.4. The first kappa shape index (κ1) is 13.5. The fourth-order valence-electron chi connectivity index (χ4n) is 1.75. The molecule has 0 saturated carbocycles. The largest absolute Gasteiger partial charge is 0.485 e. The zero-order chi connectivity index (χ0) is 13.8. The second-order valence-corrected chi connectivity index (χ2v) is 4.17. The molecule has 0 saturated heterocycles. The maximum Gasteiger partial charge on any atom is 0.190 e. The van der Waals surface area contributed by atoms with E-state index < -0.39 is 24.1 Å². The minimum Gasteiger partial charge on any atom is -0.485 e. The van der Waals surface area contributed by atoms with E-state index in [1.165, 1.54) is 12.1 Å². The summed E-state index contributed by atoms with van der Waals surface area (Å²) >= 11 is 0. The minimum atomic E-state index is -0.830. The van der Waals surface area contributed by atoms with Crippen molar-refractivity contribution in [3.05, 3.63) is 53.6 Å². The van der Waals surface area contributed by atoms with Crippen molar-refractivity contribution < 1.29 is 17.9 Å². The molecule has 0 bridgehead atoms. The van der Waals surface area contributed by atoms with E-state index in [2.05, 4.69) is 0 Å². The lowest BCUT2D eigenvalue weighted by molar-refractivity contribution is 0.251. The van der Waals surface area contributed by atoms with Crippen LogP contribution in [0.25, 0.3) is 11.1 Å². The summed E-state index contributed by atoms with van der Waals surface area (Å²) in [5, 5.41) is 0. The molecule has 0 amide bonds. The molecule has 0 radical (unpaired) electrons. The number of alkyl halides is 1. The van der Waals surface area contributed by atoms with Gasteiger partial charge >= 0.3 is 0 Å². The molecule has 0 spiro atoms. The summed E-state index contributed by atoms with van der Waals surface area (Å²) in [4.78, 5) is 0. The summed E-state index contributed by atoms with van der Waals surface area (Å²) in [5.74, 6) is -2.19. The van der Waals surface area contributed by atoms with Crippen LogP contribution in [0.4, 0.5) is 13.2 Å². The van der Waals surface area contributed by atoms with Gasteiger partial charge in [0.25, 0.3) is 0 Å². The molecule has 0 heterocycles. The lowest BCUT2D eigenvalue weighted by Crippen LogP contribution is -2.03. The van der Waals surface area contributed by atoms with Gasteiger partial charge in [0.15, 0.2) is 17.4 Å². The van der Waals surface area contributed by atoms with E-state index in [9.17, 15) is 13.2 Å². The van der Waals surface area contributed by atoms with Gasteiger partial charge in [0.05, 0.1) is 0 Å². The molecule has 0 aliphatic rings. The van der Waals surface area contributed by atoms with E-state index in [0.29, 0.717) is 11.1 Å². The molecule has 0 aliphatic heterocycles. The van der Waals surface area contributed by atoms with E-state index in [1.54, 1.807) is 12.1 Å². The van der Waals surface area contributed by atoms with Gasteiger partial charge in [-0.15, -0.1) is 0 Å². The highest BCUT2D eigenvalue weighted by Gasteiger charge is 2.13. The molecule has 0 aliphatic carbocycles. The summed E-state index contributed by atoms with van der Waals surface area (Å²) in [6.45, 7) is 0.773. The van der Waals surface area contributed by atoms with Gasteiger partial charge in [-0.05, 0) is 30.2 Å². The third kappa shape index (κ3) is 3.08. The fraction of sp³-hybridized carbons (Fsp3) is 0.200. The lowest BCUT2D eigenvalue weighted by atomic mass is 10.0. The predicted octanol–water partition coefficient (Wildman–Crippen LogP) is 4.29. The molecule has 2 aromatic carbocycles. The molecule has 0 N–H and O–H groups in total. The van der Waals surface area contributed by atoms with E-state index in [4.69, 9.17) is 4.74 Å². The molecule has 2 rings (SSSR count). The van der Waals surface area contributed by atoms with Crippen molar-refractivity contribution in [3.63, 3.8) is 0 Å². The first-order valence-corrected chi connectivity index (χ1v) is 5.86. The fourth-order valence-corrected chi connectivity index (χ4v) is 1.75. The van der Waals surface area contributed by atoms with Gasteiger partial charge in [0.2, 0.25) is 0 Å². The molecule has 4 heteroatoms. The van der Waals surface area contributed by atoms with Gasteiger partial charge in [0.1, 0.15) is 13.3 Å². The molecule has 100 valence electrons. The van der Waals surface area contributed by atoms with Crippen molar-refractivity contribution in [3.8, 4) is 16.9 Å². The number of hydrogen-bond acceptors (Lipinski definition) is 1. The number of halogens is 3. The van der Waals surface area contributed by atoms with E-state index >= 15 is 0 Å².